The van der Waals surface area contributed by atoms with E-state index in [1.54, 1.807) is 0 Å². The molecule has 23 heavy (non-hydrogen) atoms. The van der Waals surface area contributed by atoms with Gasteiger partial charge < -0.3 is 9.47 Å². The van der Waals surface area contributed by atoms with Crippen molar-refractivity contribution >= 4 is 16.9 Å². The number of piperazine rings is 1. The fourth-order valence-electron chi connectivity index (χ4n) is 3.35. The van der Waals surface area contributed by atoms with Crippen LogP contribution in [0.3, 0.4) is 0 Å². The van der Waals surface area contributed by atoms with E-state index in [1.165, 1.54) is 0 Å². The SMILES string of the molecule is CCCCC1C(=O)N(C)CCN1CCn1cnc2ccccc21. The molecule has 1 fully saturated rings. The number of carbonyl (C=O) groups excluding carboxylic acids is 1. The normalized spacial score (nSPS) is 19.7. The van der Waals surface area contributed by atoms with E-state index < -0.39 is 0 Å². The number of fused-ring (bicyclic) bond motifs is 1. The summed E-state index contributed by atoms with van der Waals surface area (Å²) in [6.07, 6.45) is 5.11. The van der Waals surface area contributed by atoms with E-state index in [0.717, 1.165) is 56.5 Å². The molecule has 1 amide bonds. The van der Waals surface area contributed by atoms with Gasteiger partial charge in [0, 0.05) is 33.2 Å². The van der Waals surface area contributed by atoms with Gasteiger partial charge in [-0.1, -0.05) is 31.9 Å². The van der Waals surface area contributed by atoms with Crippen LogP contribution in [-0.4, -0.2) is 58.0 Å². The topological polar surface area (TPSA) is 41.4 Å². The highest BCUT2D eigenvalue weighted by atomic mass is 16.2. The molecular weight excluding hydrogens is 288 g/mol. The Morgan fingerprint density at radius 1 is 1.22 bits per heavy atom. The minimum Gasteiger partial charge on any atom is -0.343 e. The minimum absolute atomic E-state index is 0.0449. The molecule has 0 saturated carbocycles. The predicted molar refractivity (Wildman–Crippen MR) is 92.3 cm³/mol. The van der Waals surface area contributed by atoms with Crippen molar-refractivity contribution in [2.75, 3.05) is 26.7 Å². The molecule has 5 nitrogen and oxygen atoms in total. The molecule has 1 aromatic carbocycles. The Bertz CT molecular complexity index is 666. The van der Waals surface area contributed by atoms with Gasteiger partial charge in [-0.15, -0.1) is 0 Å². The standard InChI is InChI=1S/C18H26N4O/c1-3-4-8-17-18(23)20(2)10-11-21(17)12-13-22-14-19-15-7-5-6-9-16(15)22/h5-7,9,14,17H,3-4,8,10-13H2,1-2H3. The van der Waals surface area contributed by atoms with Crippen LogP contribution in [0.25, 0.3) is 11.0 Å². The molecule has 1 aliphatic rings. The molecule has 0 spiro atoms. The van der Waals surface area contributed by atoms with E-state index in [-0.39, 0.29) is 11.9 Å². The molecule has 1 atom stereocenters. The van der Waals surface area contributed by atoms with Crippen LogP contribution in [0.2, 0.25) is 0 Å². The van der Waals surface area contributed by atoms with Crippen LogP contribution in [0, 0.1) is 0 Å². The fraction of sp³-hybridized carbons (Fsp3) is 0.556. The van der Waals surface area contributed by atoms with E-state index in [4.69, 9.17) is 0 Å². The van der Waals surface area contributed by atoms with E-state index in [0.29, 0.717) is 0 Å². The molecule has 1 aliphatic heterocycles. The quantitative estimate of drug-likeness (QED) is 0.822. The maximum Gasteiger partial charge on any atom is 0.239 e. The summed E-state index contributed by atoms with van der Waals surface area (Å²) in [5, 5.41) is 0. The molecule has 0 bridgehead atoms. The summed E-state index contributed by atoms with van der Waals surface area (Å²) < 4.78 is 2.19. The molecule has 1 unspecified atom stereocenters. The zero-order valence-corrected chi connectivity index (χ0v) is 14.1. The van der Waals surface area contributed by atoms with Crippen LogP contribution in [-0.2, 0) is 11.3 Å². The van der Waals surface area contributed by atoms with Crippen molar-refractivity contribution in [1.82, 2.24) is 19.4 Å². The Morgan fingerprint density at radius 2 is 2.04 bits per heavy atom. The van der Waals surface area contributed by atoms with E-state index in [2.05, 4.69) is 27.4 Å². The van der Waals surface area contributed by atoms with Gasteiger partial charge in [0.05, 0.1) is 23.4 Å². The van der Waals surface area contributed by atoms with Gasteiger partial charge in [-0.2, -0.15) is 0 Å². The number of aromatic nitrogens is 2. The van der Waals surface area contributed by atoms with E-state index in [9.17, 15) is 4.79 Å². The van der Waals surface area contributed by atoms with Gasteiger partial charge in [0.1, 0.15) is 0 Å². The highest BCUT2D eigenvalue weighted by molar-refractivity contribution is 5.82. The number of imidazole rings is 1. The molecule has 2 aromatic rings. The van der Waals surface area contributed by atoms with Crippen LogP contribution < -0.4 is 0 Å². The van der Waals surface area contributed by atoms with Crippen molar-refractivity contribution in [3.8, 4) is 0 Å². The first kappa shape index (κ1) is 16.0. The molecule has 124 valence electrons. The Kier molecular flexibility index (Phi) is 4.96. The van der Waals surface area contributed by atoms with Gasteiger partial charge >= 0.3 is 0 Å². The van der Waals surface area contributed by atoms with Crippen molar-refractivity contribution in [2.24, 2.45) is 0 Å². The lowest BCUT2D eigenvalue weighted by Gasteiger charge is -2.39. The number of benzene rings is 1. The van der Waals surface area contributed by atoms with Crippen LogP contribution in [0.5, 0.6) is 0 Å². The predicted octanol–water partition coefficient (Wildman–Crippen LogP) is 2.37. The second-order valence-corrected chi connectivity index (χ2v) is 6.38. The smallest absolute Gasteiger partial charge is 0.239 e. The van der Waals surface area contributed by atoms with Crippen molar-refractivity contribution in [3.05, 3.63) is 30.6 Å². The van der Waals surface area contributed by atoms with Crippen molar-refractivity contribution < 1.29 is 4.79 Å². The van der Waals surface area contributed by atoms with Gasteiger partial charge in [-0.25, -0.2) is 4.98 Å². The first-order valence-electron chi connectivity index (χ1n) is 8.59. The number of hydrogen-bond donors (Lipinski definition) is 0. The molecule has 0 aliphatic carbocycles. The Labute approximate surface area is 137 Å². The first-order valence-corrected chi connectivity index (χ1v) is 8.59. The number of likely N-dealkylation sites (N-methyl/N-ethyl adjacent to an activating group) is 1. The number of amides is 1. The minimum atomic E-state index is 0.0449. The van der Waals surface area contributed by atoms with Gasteiger partial charge in [0.2, 0.25) is 5.91 Å². The highest BCUT2D eigenvalue weighted by Gasteiger charge is 2.32. The van der Waals surface area contributed by atoms with Crippen LogP contribution >= 0.6 is 0 Å². The third kappa shape index (κ3) is 3.39. The lowest BCUT2D eigenvalue weighted by molar-refractivity contribution is -0.140. The summed E-state index contributed by atoms with van der Waals surface area (Å²) in [5.41, 5.74) is 2.20. The summed E-state index contributed by atoms with van der Waals surface area (Å²) in [5.74, 6) is 0.278. The average molecular weight is 314 g/mol. The third-order valence-electron chi connectivity index (χ3n) is 4.81. The van der Waals surface area contributed by atoms with Crippen molar-refractivity contribution in [1.29, 1.82) is 0 Å². The van der Waals surface area contributed by atoms with Crippen molar-refractivity contribution in [2.45, 2.75) is 38.8 Å². The van der Waals surface area contributed by atoms with Crippen LogP contribution in [0.1, 0.15) is 26.2 Å². The number of nitrogens with zero attached hydrogens (tertiary/aromatic N) is 4. The number of unbranched alkanes of at least 4 members (excludes halogenated alkanes) is 1. The Balaban J connectivity index is 1.68. The van der Waals surface area contributed by atoms with Gasteiger partial charge in [0.25, 0.3) is 0 Å². The first-order chi connectivity index (χ1) is 11.2. The third-order valence-corrected chi connectivity index (χ3v) is 4.81. The number of carbonyl (C=O) groups is 1. The molecule has 3 rings (SSSR count). The number of hydrogen-bond acceptors (Lipinski definition) is 3. The largest absolute Gasteiger partial charge is 0.343 e. The van der Waals surface area contributed by atoms with E-state index >= 15 is 0 Å². The lowest BCUT2D eigenvalue weighted by atomic mass is 10.0. The Hall–Kier alpha value is -1.88. The summed E-state index contributed by atoms with van der Waals surface area (Å²) >= 11 is 0. The molecule has 2 heterocycles. The number of rotatable bonds is 6. The van der Waals surface area contributed by atoms with Crippen LogP contribution in [0.4, 0.5) is 0 Å². The van der Waals surface area contributed by atoms with Gasteiger partial charge in [0.15, 0.2) is 0 Å². The Morgan fingerprint density at radius 3 is 2.87 bits per heavy atom. The molecule has 1 saturated heterocycles. The molecule has 1 aromatic heterocycles. The zero-order valence-electron chi connectivity index (χ0n) is 14.1. The monoisotopic (exact) mass is 314 g/mol. The molecule has 0 radical (unpaired) electrons. The average Bonchev–Trinajstić information content (AvgIpc) is 2.98. The van der Waals surface area contributed by atoms with E-state index in [1.807, 2.05) is 36.5 Å². The summed E-state index contributed by atoms with van der Waals surface area (Å²) in [4.78, 5) is 21.2. The van der Waals surface area contributed by atoms with Gasteiger partial charge in [-0.3, -0.25) is 9.69 Å². The fourth-order valence-corrected chi connectivity index (χ4v) is 3.35. The highest BCUT2D eigenvalue weighted by Crippen LogP contribution is 2.17. The molecule has 5 heteroatoms. The van der Waals surface area contributed by atoms with Crippen molar-refractivity contribution in [3.63, 3.8) is 0 Å². The van der Waals surface area contributed by atoms with Crippen LogP contribution in [0.15, 0.2) is 30.6 Å². The summed E-state index contributed by atoms with van der Waals surface area (Å²) in [6.45, 7) is 5.74. The maximum absolute atomic E-state index is 12.5. The summed E-state index contributed by atoms with van der Waals surface area (Å²) in [7, 11) is 1.92. The second kappa shape index (κ2) is 7.13. The zero-order chi connectivity index (χ0) is 16.2. The lowest BCUT2D eigenvalue weighted by Crippen LogP contribution is -2.56. The number of para-hydroxylation sites is 2. The second-order valence-electron chi connectivity index (χ2n) is 6.38. The van der Waals surface area contributed by atoms with Gasteiger partial charge in [-0.05, 0) is 18.6 Å². The molecular formula is C18H26N4O. The summed E-state index contributed by atoms with van der Waals surface area (Å²) in [6, 6.07) is 8.24. The molecule has 0 N–H and O–H groups in total. The maximum atomic E-state index is 12.5.